The molecule has 6 aromatic carbocycles. The lowest BCUT2D eigenvalue weighted by atomic mass is 9.75. The van der Waals surface area contributed by atoms with Crippen molar-refractivity contribution in [1.29, 1.82) is 0 Å². The molecule has 16 nitrogen and oxygen atoms in total. The zero-order chi connectivity index (χ0) is 58.9. The van der Waals surface area contributed by atoms with Crippen LogP contribution < -0.4 is 33.9 Å². The van der Waals surface area contributed by atoms with Gasteiger partial charge in [-0.15, -0.1) is 17.6 Å². The SMILES string of the molecule is Cc1ccc(CC(=O)C2(c3ccc4c(c3)OC(F)(F)O4)CC2)cc1-c1ccc2c(c1)C(=O)NS2(=O)=O.Cc1ccc(CC(=O)C2(c3ccc4c(c3)OC(F)(F)O4)CC2)cc1B1OC(C)(C)C(C)(C)O1.O=C1NS(=O)(=O)c2ccc(Br)cc21. The molecule has 2 aliphatic carbocycles. The summed E-state index contributed by atoms with van der Waals surface area (Å²) in [5.74, 6) is -1.43. The largest absolute Gasteiger partial charge is 0.586 e. The van der Waals surface area contributed by atoms with E-state index in [9.17, 15) is 53.6 Å². The second-order valence-corrected chi connectivity index (χ2v) is 26.4. The maximum atomic E-state index is 13.4. The minimum absolute atomic E-state index is 0.0161. The summed E-state index contributed by atoms with van der Waals surface area (Å²) in [6.45, 7) is 11.9. The van der Waals surface area contributed by atoms with Crippen molar-refractivity contribution in [3.05, 3.63) is 158 Å². The van der Waals surface area contributed by atoms with E-state index in [4.69, 9.17) is 9.31 Å². The Morgan fingerprint density at radius 1 is 0.537 bits per heavy atom. The Morgan fingerprint density at radius 2 is 0.976 bits per heavy atom. The highest BCUT2D eigenvalue weighted by molar-refractivity contribution is 9.10. The van der Waals surface area contributed by atoms with Crippen LogP contribution in [0.4, 0.5) is 17.6 Å². The summed E-state index contributed by atoms with van der Waals surface area (Å²) in [6.07, 6.45) is -4.47. The van der Waals surface area contributed by atoms with Gasteiger partial charge in [-0.05, 0) is 166 Å². The number of nitrogens with one attached hydrogen (secondary N) is 2. The number of ketones is 2. The second-order valence-electron chi connectivity index (χ2n) is 22.2. The van der Waals surface area contributed by atoms with Crippen molar-refractivity contribution in [3.8, 4) is 34.1 Å². The fourth-order valence-corrected chi connectivity index (χ4v) is 13.2. The van der Waals surface area contributed by atoms with Crippen molar-refractivity contribution < 1.29 is 81.8 Å². The van der Waals surface area contributed by atoms with Gasteiger partial charge in [-0.2, -0.15) is 0 Å². The average molecular weight is 1230 g/mol. The fourth-order valence-electron chi connectivity index (χ4n) is 10.5. The van der Waals surface area contributed by atoms with E-state index < -0.39 is 73.6 Å². The number of aryl methyl sites for hydroxylation is 2. The maximum absolute atomic E-state index is 13.4. The lowest BCUT2D eigenvalue weighted by Gasteiger charge is -2.32. The van der Waals surface area contributed by atoms with E-state index in [0.717, 1.165) is 33.3 Å². The van der Waals surface area contributed by atoms with Gasteiger partial charge in [0, 0.05) is 17.3 Å². The first-order chi connectivity index (χ1) is 38.3. The number of Topliss-reactive ketones (excluding diaryl/α,β-unsaturated/α-hetero) is 2. The number of halogens is 5. The van der Waals surface area contributed by atoms with E-state index in [2.05, 4.69) is 34.9 Å². The standard InChI is InChI=1S/C26H19F2NO6S.C25H27BF2O5.C7H4BrNO3S/c1-14-2-3-15(10-18(14)16-4-7-22-19(12-16)24(31)29-36(22,32)33)11-23(30)25(8-9-25)17-5-6-20-21(13-17)35-26(27,28)34-20;1-15-6-7-16(12-18(15)26-32-22(2,3)23(4,5)33-26)13-21(29)24(10-11-24)17-8-9-19-20(14-17)31-25(27,28)30-19;8-4-1-2-6-5(3-4)7(10)9-13(6,11)12/h2-7,10,12-13H,8-9,11H2,1H3,(H,29,31);6-9,12,14H,10-11,13H2,1-5H3;1-3H,(H,9,10). The number of hydrogen-bond donors (Lipinski definition) is 2. The van der Waals surface area contributed by atoms with E-state index in [1.54, 1.807) is 24.3 Å². The highest BCUT2D eigenvalue weighted by Crippen LogP contribution is 2.54. The van der Waals surface area contributed by atoms with Crippen LogP contribution in [0.2, 0.25) is 0 Å². The molecule has 24 heteroatoms. The Labute approximate surface area is 477 Å². The average Bonchev–Trinajstić information content (AvgIpc) is 4.34. The summed E-state index contributed by atoms with van der Waals surface area (Å²) in [7, 11) is -7.93. The number of ether oxygens (including phenoxy) is 4. The van der Waals surface area contributed by atoms with Gasteiger partial charge in [0.25, 0.3) is 31.9 Å². The summed E-state index contributed by atoms with van der Waals surface area (Å²) < 4.78 is 135. The molecule has 3 fully saturated rings. The van der Waals surface area contributed by atoms with E-state index in [1.807, 2.05) is 87.4 Å². The van der Waals surface area contributed by atoms with Crippen molar-refractivity contribution in [2.75, 3.05) is 0 Å². The minimum atomic E-state index is -3.84. The summed E-state index contributed by atoms with van der Waals surface area (Å²) in [6, 6.07) is 29.6. The molecule has 2 amide bonds. The molecule has 2 N–H and O–H groups in total. The van der Waals surface area contributed by atoms with E-state index in [-0.39, 0.29) is 68.3 Å². The lowest BCUT2D eigenvalue weighted by molar-refractivity contribution is -0.287. The molecule has 426 valence electrons. The third-order valence-electron chi connectivity index (χ3n) is 16.1. The molecule has 5 aliphatic heterocycles. The molecule has 0 unspecified atom stereocenters. The molecule has 0 atom stereocenters. The van der Waals surface area contributed by atoms with Crippen LogP contribution in [-0.2, 0) is 62.6 Å². The number of fused-ring (bicyclic) bond motifs is 4. The molecule has 0 aromatic heterocycles. The lowest BCUT2D eigenvalue weighted by Crippen LogP contribution is -2.41. The first kappa shape index (κ1) is 56.7. The molecule has 2 saturated carbocycles. The zero-order valence-corrected chi connectivity index (χ0v) is 47.9. The first-order valence-corrected chi connectivity index (χ1v) is 29.6. The number of sulfonamides is 2. The molecule has 0 radical (unpaired) electrons. The van der Waals surface area contributed by atoms with Crippen LogP contribution in [0, 0.1) is 13.8 Å². The van der Waals surface area contributed by atoms with Crippen molar-refractivity contribution in [3.63, 3.8) is 0 Å². The minimum Gasteiger partial charge on any atom is -0.399 e. The number of amides is 2. The van der Waals surface area contributed by atoms with Gasteiger partial charge in [-0.25, -0.2) is 26.3 Å². The van der Waals surface area contributed by atoms with Gasteiger partial charge in [-0.3, -0.25) is 19.2 Å². The molecule has 82 heavy (non-hydrogen) atoms. The van der Waals surface area contributed by atoms with Crippen LogP contribution in [-0.4, -0.2) is 71.1 Å². The summed E-state index contributed by atoms with van der Waals surface area (Å²) >= 11 is 3.16. The molecule has 1 saturated heterocycles. The predicted molar refractivity (Wildman–Crippen MR) is 291 cm³/mol. The first-order valence-electron chi connectivity index (χ1n) is 25.8. The van der Waals surface area contributed by atoms with Gasteiger partial charge >= 0.3 is 19.7 Å². The molecule has 0 bridgehead atoms. The van der Waals surface area contributed by atoms with E-state index in [1.165, 1.54) is 48.5 Å². The molecule has 13 rings (SSSR count). The Bertz CT molecular complexity index is 3980. The smallest absolute Gasteiger partial charge is 0.399 e. The van der Waals surface area contributed by atoms with Crippen molar-refractivity contribution >= 4 is 71.9 Å². The van der Waals surface area contributed by atoms with Crippen LogP contribution in [0.25, 0.3) is 11.1 Å². The van der Waals surface area contributed by atoms with Gasteiger partial charge in [-0.1, -0.05) is 76.1 Å². The molecule has 5 heterocycles. The van der Waals surface area contributed by atoms with Crippen LogP contribution >= 0.6 is 15.9 Å². The number of carbonyl (C=O) groups is 4. The van der Waals surface area contributed by atoms with Crippen molar-refractivity contribution in [1.82, 2.24) is 9.44 Å². The summed E-state index contributed by atoms with van der Waals surface area (Å²) in [4.78, 5) is 50.0. The highest BCUT2D eigenvalue weighted by atomic mass is 79.9. The van der Waals surface area contributed by atoms with Gasteiger partial charge in [0.1, 0.15) is 21.4 Å². The Morgan fingerprint density at radius 3 is 1.46 bits per heavy atom. The van der Waals surface area contributed by atoms with Gasteiger partial charge < -0.3 is 28.3 Å². The fraction of sp³-hybridized carbons (Fsp3) is 0.310. The van der Waals surface area contributed by atoms with Crippen LogP contribution in [0.5, 0.6) is 23.0 Å². The molecule has 7 aliphatic rings. The van der Waals surface area contributed by atoms with Gasteiger partial charge in [0.2, 0.25) is 0 Å². The maximum Gasteiger partial charge on any atom is 0.586 e. The topological polar surface area (TPSA) is 216 Å². The second kappa shape index (κ2) is 19.5. The van der Waals surface area contributed by atoms with Crippen molar-refractivity contribution in [2.45, 2.75) is 124 Å². The van der Waals surface area contributed by atoms with Gasteiger partial charge in [0.15, 0.2) is 23.0 Å². The Kier molecular flexibility index (Phi) is 13.5. The number of rotatable bonds is 10. The summed E-state index contributed by atoms with van der Waals surface area (Å²) in [5.41, 5.74) is 5.11. The normalized spacial score (nSPS) is 20.6. The third kappa shape index (κ3) is 10.4. The van der Waals surface area contributed by atoms with E-state index >= 15 is 0 Å². The summed E-state index contributed by atoms with van der Waals surface area (Å²) in [5, 5.41) is 0. The predicted octanol–water partition coefficient (Wildman–Crippen LogP) is 9.60. The number of hydrogen-bond acceptors (Lipinski definition) is 14. The third-order valence-corrected chi connectivity index (χ3v) is 19.4. The van der Waals surface area contributed by atoms with Gasteiger partial charge in [0.05, 0.1) is 33.2 Å². The molecule has 0 spiro atoms. The molecule has 6 aromatic rings. The number of alkyl halides is 4. The number of carbonyl (C=O) groups excluding carboxylic acids is 4. The molecular weight excluding hydrogens is 1180 g/mol. The number of benzene rings is 6. The zero-order valence-electron chi connectivity index (χ0n) is 44.6. The Hall–Kier alpha value is -7.12. The van der Waals surface area contributed by atoms with Crippen LogP contribution in [0.1, 0.15) is 107 Å². The quantitative estimate of drug-likeness (QED) is 0.0965. The van der Waals surface area contributed by atoms with E-state index in [0.29, 0.717) is 46.8 Å². The highest BCUT2D eigenvalue weighted by Gasteiger charge is 2.55. The molecular formula is C58H50BBrF4N2O14S2. The van der Waals surface area contributed by atoms with Crippen molar-refractivity contribution in [2.24, 2.45) is 0 Å². The monoisotopic (exact) mass is 1230 g/mol. The van der Waals surface area contributed by atoms with Crippen LogP contribution in [0.15, 0.2) is 123 Å². The Balaban J connectivity index is 0.000000142. The van der Waals surface area contributed by atoms with Crippen LogP contribution in [0.3, 0.4) is 0 Å².